The molecule has 1 saturated heterocycles. The number of carbonyl (C=O) groups excluding carboxylic acids is 2. The Morgan fingerprint density at radius 1 is 0.452 bits per heavy atom. The van der Waals surface area contributed by atoms with Crippen LogP contribution in [-0.4, -0.2) is 23.1 Å². The average molecular weight is 594 g/mol. The van der Waals surface area contributed by atoms with Crippen LogP contribution in [0.2, 0.25) is 0 Å². The summed E-state index contributed by atoms with van der Waals surface area (Å²) in [6, 6.07) is 39.4. The molecule has 0 radical (unpaired) electrons. The quantitative estimate of drug-likeness (QED) is 0.186. The van der Waals surface area contributed by atoms with Crippen LogP contribution >= 0.6 is 14.3 Å². The maximum Gasteiger partial charge on any atom is 0.246 e. The average Bonchev–Trinajstić information content (AvgIpc) is 3.32. The first-order chi connectivity index (χ1) is 20.4. The van der Waals surface area contributed by atoms with Gasteiger partial charge in [0.25, 0.3) is 0 Å². The molecule has 42 heavy (non-hydrogen) atoms. The van der Waals surface area contributed by atoms with E-state index in [2.05, 4.69) is 0 Å². The Morgan fingerprint density at radius 2 is 0.738 bits per heavy atom. The van der Waals surface area contributed by atoms with E-state index in [9.17, 15) is 14.0 Å². The molecule has 0 aromatic heterocycles. The van der Waals surface area contributed by atoms with Gasteiger partial charge in [0.15, 0.2) is 14.3 Å². The summed E-state index contributed by atoms with van der Waals surface area (Å²) in [5.41, 5.74) is -2.86. The van der Waals surface area contributed by atoms with Crippen LogP contribution in [0, 0.1) is 5.82 Å². The number of halogens is 1. The van der Waals surface area contributed by atoms with Gasteiger partial charge in [-0.3, -0.25) is 9.59 Å². The van der Waals surface area contributed by atoms with E-state index in [0.29, 0.717) is 21.2 Å². The van der Waals surface area contributed by atoms with Crippen molar-refractivity contribution in [3.8, 4) is 0 Å². The molecule has 0 aliphatic carbocycles. The lowest BCUT2D eigenvalue weighted by atomic mass is 10.3. The van der Waals surface area contributed by atoms with Crippen molar-refractivity contribution in [1.82, 2.24) is 0 Å². The lowest BCUT2D eigenvalue weighted by Gasteiger charge is -2.32. The van der Waals surface area contributed by atoms with Crippen LogP contribution in [0.5, 0.6) is 0 Å². The van der Waals surface area contributed by atoms with Gasteiger partial charge >= 0.3 is 0 Å². The lowest BCUT2D eigenvalue weighted by Crippen LogP contribution is -2.41. The van der Waals surface area contributed by atoms with Gasteiger partial charge in [0.2, 0.25) is 11.8 Å². The van der Waals surface area contributed by atoms with Crippen LogP contribution < -0.4 is 26.1 Å². The fourth-order valence-corrected chi connectivity index (χ4v) is 13.1. The van der Waals surface area contributed by atoms with Crippen molar-refractivity contribution < 1.29 is 23.1 Å². The van der Waals surface area contributed by atoms with E-state index in [1.807, 2.05) is 0 Å². The minimum absolute atomic E-state index is 0.124. The van der Waals surface area contributed by atoms with E-state index in [1.165, 1.54) is 12.1 Å². The molecule has 0 bridgehead atoms. The molecule has 5 aromatic carbocycles. The fourth-order valence-electron chi connectivity index (χ4n) is 5.74. The SMILES string of the molecule is O=C1C(P(=O)(c2ccccc2)c2ccccc2)C(P(=O)(c2ccccc2)c2ccccc2)C(=O)N1c1ccc(F)cc1. The zero-order chi connectivity index (χ0) is 29.3. The molecule has 5 nitrogen and oxygen atoms in total. The highest BCUT2D eigenvalue weighted by molar-refractivity contribution is 7.84. The van der Waals surface area contributed by atoms with Crippen molar-refractivity contribution >= 4 is 53.0 Å². The third kappa shape index (κ3) is 4.48. The second-order valence-electron chi connectivity index (χ2n) is 10.0. The minimum Gasteiger partial charge on any atom is -0.313 e. The molecule has 2 unspecified atom stereocenters. The molecule has 1 aliphatic heterocycles. The highest BCUT2D eigenvalue weighted by Crippen LogP contribution is 2.63. The number of amides is 2. The first-order valence-corrected chi connectivity index (χ1v) is 17.0. The summed E-state index contributed by atoms with van der Waals surface area (Å²) >= 11 is 0. The van der Waals surface area contributed by atoms with Crippen LogP contribution in [0.15, 0.2) is 146 Å². The van der Waals surface area contributed by atoms with Gasteiger partial charge in [-0.25, -0.2) is 9.29 Å². The van der Waals surface area contributed by atoms with E-state index in [4.69, 9.17) is 0 Å². The van der Waals surface area contributed by atoms with Crippen LogP contribution in [-0.2, 0) is 18.7 Å². The summed E-state index contributed by atoms with van der Waals surface area (Å²) in [4.78, 5) is 30.2. The highest BCUT2D eigenvalue weighted by atomic mass is 31.2. The monoisotopic (exact) mass is 593 g/mol. The summed E-state index contributed by atoms with van der Waals surface area (Å²) < 4.78 is 45.4. The maximum absolute atomic E-state index is 15.7. The Kier molecular flexibility index (Phi) is 7.36. The molecule has 1 fully saturated rings. The zero-order valence-corrected chi connectivity index (χ0v) is 24.2. The molecule has 0 saturated carbocycles. The van der Waals surface area contributed by atoms with Crippen molar-refractivity contribution in [1.29, 1.82) is 0 Å². The van der Waals surface area contributed by atoms with Gasteiger partial charge < -0.3 is 9.13 Å². The van der Waals surface area contributed by atoms with Gasteiger partial charge in [-0.05, 0) is 24.3 Å². The van der Waals surface area contributed by atoms with Crippen molar-refractivity contribution in [3.05, 3.63) is 151 Å². The van der Waals surface area contributed by atoms with Crippen molar-refractivity contribution in [2.24, 2.45) is 0 Å². The molecule has 5 aromatic rings. The molecule has 6 rings (SSSR count). The van der Waals surface area contributed by atoms with Gasteiger partial charge in [0, 0.05) is 21.2 Å². The van der Waals surface area contributed by atoms with Crippen LogP contribution in [0.3, 0.4) is 0 Å². The number of imide groups is 1. The predicted molar refractivity (Wildman–Crippen MR) is 166 cm³/mol. The summed E-state index contributed by atoms with van der Waals surface area (Å²) in [5.74, 6) is -2.01. The Balaban J connectivity index is 1.69. The molecule has 8 heteroatoms. The summed E-state index contributed by atoms with van der Waals surface area (Å²) in [6.45, 7) is 0. The number of hydrogen-bond donors (Lipinski definition) is 0. The third-order valence-corrected chi connectivity index (χ3v) is 14.8. The van der Waals surface area contributed by atoms with E-state index in [0.717, 1.165) is 17.0 Å². The number of carbonyl (C=O) groups is 2. The van der Waals surface area contributed by atoms with Gasteiger partial charge in [-0.1, -0.05) is 121 Å². The number of anilines is 1. The molecule has 1 heterocycles. The first-order valence-electron chi connectivity index (χ1n) is 13.4. The Labute approximate surface area is 243 Å². The first kappa shape index (κ1) is 27.8. The molecule has 208 valence electrons. The number of rotatable bonds is 7. The molecule has 0 N–H and O–H groups in total. The van der Waals surface area contributed by atoms with Crippen molar-refractivity contribution in [3.63, 3.8) is 0 Å². The Bertz CT molecular complexity index is 1630. The molecule has 1 aliphatic rings. The van der Waals surface area contributed by atoms with E-state index in [1.54, 1.807) is 121 Å². The fraction of sp³-hybridized carbons (Fsp3) is 0.0588. The number of benzene rings is 5. The van der Waals surface area contributed by atoms with E-state index in [-0.39, 0.29) is 5.69 Å². The van der Waals surface area contributed by atoms with Gasteiger partial charge in [-0.2, -0.15) is 0 Å². The minimum atomic E-state index is -3.98. The van der Waals surface area contributed by atoms with Gasteiger partial charge in [-0.15, -0.1) is 0 Å². The van der Waals surface area contributed by atoms with Crippen LogP contribution in [0.25, 0.3) is 0 Å². The second kappa shape index (κ2) is 11.1. The summed E-state index contributed by atoms with van der Waals surface area (Å²) in [6.07, 6.45) is 0. The normalized spacial score (nSPS) is 17.4. The lowest BCUT2D eigenvalue weighted by molar-refractivity contribution is -0.121. The zero-order valence-electron chi connectivity index (χ0n) is 22.4. The molecule has 2 amide bonds. The molecule has 0 spiro atoms. The maximum atomic E-state index is 15.7. The third-order valence-electron chi connectivity index (χ3n) is 7.67. The highest BCUT2D eigenvalue weighted by Gasteiger charge is 2.63. The van der Waals surface area contributed by atoms with Gasteiger partial charge in [0.05, 0.1) is 5.69 Å². The summed E-state index contributed by atoms with van der Waals surface area (Å²) in [7, 11) is -7.97. The van der Waals surface area contributed by atoms with Crippen LogP contribution in [0.4, 0.5) is 10.1 Å². The largest absolute Gasteiger partial charge is 0.313 e. The Morgan fingerprint density at radius 3 is 1.02 bits per heavy atom. The smallest absolute Gasteiger partial charge is 0.246 e. The van der Waals surface area contributed by atoms with Crippen molar-refractivity contribution in [2.75, 3.05) is 4.90 Å². The number of nitrogens with zero attached hydrogens (tertiary/aromatic N) is 1. The standard InChI is InChI=1S/C34H26FNO4P2/c35-25-21-23-26(24-22-25)36-33(37)31(41(39,27-13-5-1-6-14-27)28-15-7-2-8-16-28)32(34(36)38)42(40,29-17-9-3-10-18-29)30-19-11-4-12-20-30/h1-24,31-32H. The van der Waals surface area contributed by atoms with Crippen molar-refractivity contribution in [2.45, 2.75) is 11.3 Å². The summed E-state index contributed by atoms with van der Waals surface area (Å²) in [5, 5.41) is 1.50. The molecular weight excluding hydrogens is 567 g/mol. The topological polar surface area (TPSA) is 71.5 Å². The predicted octanol–water partition coefficient (Wildman–Crippen LogP) is 5.46. The van der Waals surface area contributed by atoms with E-state index >= 15 is 9.13 Å². The molecular formula is C34H26FNO4P2. The van der Waals surface area contributed by atoms with Crippen LogP contribution in [0.1, 0.15) is 0 Å². The van der Waals surface area contributed by atoms with E-state index < -0.39 is 43.2 Å². The Hall–Kier alpha value is -4.37. The second-order valence-corrected chi connectivity index (χ2v) is 15.8. The molecule has 2 atom stereocenters. The van der Waals surface area contributed by atoms with Gasteiger partial charge in [0.1, 0.15) is 17.1 Å². The number of hydrogen-bond acceptors (Lipinski definition) is 4.